The highest BCUT2D eigenvalue weighted by Crippen LogP contribution is 2.21. The Hall–Kier alpha value is -0.740. The van der Waals surface area contributed by atoms with Crippen molar-refractivity contribution in [2.24, 2.45) is 4.52 Å². The van der Waals surface area contributed by atoms with Crippen LogP contribution in [0.25, 0.3) is 10.4 Å². The summed E-state index contributed by atoms with van der Waals surface area (Å²) in [5, 5.41) is 0. The van der Waals surface area contributed by atoms with Crippen molar-refractivity contribution in [3.8, 4) is 0 Å². The van der Waals surface area contributed by atoms with E-state index in [1.165, 1.54) is 13.8 Å². The minimum absolute atomic E-state index is 0.425. The van der Waals surface area contributed by atoms with Crippen molar-refractivity contribution in [3.05, 3.63) is 10.4 Å². The lowest BCUT2D eigenvalue weighted by molar-refractivity contribution is 0.540. The molecule has 0 unspecified atom stereocenters. The molecule has 0 aromatic heterocycles. The van der Waals surface area contributed by atoms with Crippen LogP contribution in [0.2, 0.25) is 0 Å². The molecule has 0 bridgehead atoms. The molecule has 0 saturated heterocycles. The van der Waals surface area contributed by atoms with Gasteiger partial charge in [-0.25, -0.2) is 8.42 Å². The number of sulfonamides is 1. The summed E-state index contributed by atoms with van der Waals surface area (Å²) in [6.07, 6.45) is 0.425. The maximum atomic E-state index is 11.1. The first kappa shape index (κ1) is 10.3. The predicted octanol–water partition coefficient (Wildman–Crippen LogP) is 1.82. The minimum atomic E-state index is -3.65. The van der Waals surface area contributed by atoms with Crippen LogP contribution in [-0.2, 0) is 10.0 Å². The molecule has 11 heavy (non-hydrogen) atoms. The number of hydrogen-bond donors (Lipinski definition) is 0. The van der Waals surface area contributed by atoms with Crippen LogP contribution in [-0.4, -0.2) is 13.2 Å². The zero-order valence-corrected chi connectivity index (χ0v) is 7.59. The summed E-state index contributed by atoms with van der Waals surface area (Å²) in [6.45, 7) is 4.78. The molecule has 0 fully saturated rings. The van der Waals surface area contributed by atoms with Gasteiger partial charge in [0.15, 0.2) is 0 Å². The van der Waals surface area contributed by atoms with E-state index in [2.05, 4.69) is 9.43 Å². The standard InChI is InChI=1S/C5H11N3O2S/c1-4-5(2,3)11(9,10)8-7-6/h4H2,1-3H3. The van der Waals surface area contributed by atoms with E-state index in [0.29, 0.717) is 6.42 Å². The molecule has 64 valence electrons. The molecule has 0 aromatic carbocycles. The Kier molecular flexibility index (Phi) is 2.90. The van der Waals surface area contributed by atoms with Gasteiger partial charge in [-0.3, -0.25) is 0 Å². The van der Waals surface area contributed by atoms with Crippen LogP contribution in [0.3, 0.4) is 0 Å². The summed E-state index contributed by atoms with van der Waals surface area (Å²) in [6, 6.07) is 0. The first-order chi connectivity index (χ1) is 4.87. The molecule has 0 aliphatic heterocycles. The van der Waals surface area contributed by atoms with Crippen LogP contribution in [0.4, 0.5) is 0 Å². The van der Waals surface area contributed by atoms with Gasteiger partial charge in [0.25, 0.3) is 0 Å². The highest BCUT2D eigenvalue weighted by Gasteiger charge is 2.31. The average Bonchev–Trinajstić information content (AvgIpc) is 1.87. The molecule has 5 nitrogen and oxygen atoms in total. The van der Waals surface area contributed by atoms with Crippen molar-refractivity contribution in [2.45, 2.75) is 31.9 Å². The van der Waals surface area contributed by atoms with Gasteiger partial charge in [0.2, 0.25) is 10.0 Å². The maximum Gasteiger partial charge on any atom is 0.240 e. The van der Waals surface area contributed by atoms with E-state index in [9.17, 15) is 8.42 Å². The summed E-state index contributed by atoms with van der Waals surface area (Å²) < 4.78 is 23.9. The zero-order chi connectivity index (χ0) is 9.12. The van der Waals surface area contributed by atoms with E-state index in [1.54, 1.807) is 6.92 Å². The molecule has 0 spiro atoms. The first-order valence-corrected chi connectivity index (χ1v) is 4.62. The van der Waals surface area contributed by atoms with Gasteiger partial charge in [-0.15, -0.1) is 0 Å². The smallest absolute Gasteiger partial charge is 0.220 e. The predicted molar refractivity (Wildman–Crippen MR) is 42.4 cm³/mol. The van der Waals surface area contributed by atoms with Crippen LogP contribution < -0.4 is 0 Å². The van der Waals surface area contributed by atoms with E-state index < -0.39 is 14.8 Å². The number of hydrogen-bond acceptors (Lipinski definition) is 2. The Balaban J connectivity index is 5.00. The first-order valence-electron chi connectivity index (χ1n) is 3.18. The second-order valence-electron chi connectivity index (χ2n) is 2.76. The topological polar surface area (TPSA) is 82.9 Å². The van der Waals surface area contributed by atoms with Crippen molar-refractivity contribution < 1.29 is 8.42 Å². The molecule has 0 aliphatic carbocycles. The van der Waals surface area contributed by atoms with Gasteiger partial charge in [-0.1, -0.05) is 6.92 Å². The fourth-order valence-electron chi connectivity index (χ4n) is 0.341. The van der Waals surface area contributed by atoms with E-state index in [0.717, 1.165) is 0 Å². The van der Waals surface area contributed by atoms with Gasteiger partial charge in [0.1, 0.15) is 0 Å². The molecule has 0 atom stereocenters. The molecule has 0 N–H and O–H groups in total. The third-order valence-electron chi connectivity index (χ3n) is 1.69. The van der Waals surface area contributed by atoms with Crippen LogP contribution >= 0.6 is 0 Å². The van der Waals surface area contributed by atoms with Gasteiger partial charge in [0, 0.05) is 9.43 Å². The maximum absolute atomic E-state index is 11.1. The van der Waals surface area contributed by atoms with Gasteiger partial charge < -0.3 is 0 Å². The number of nitrogens with zero attached hydrogens (tertiary/aromatic N) is 3. The summed E-state index contributed by atoms with van der Waals surface area (Å²) in [5.41, 5.74) is 7.94. The Morgan fingerprint density at radius 3 is 2.27 bits per heavy atom. The monoisotopic (exact) mass is 177 g/mol. The van der Waals surface area contributed by atoms with Crippen LogP contribution in [0.15, 0.2) is 4.52 Å². The summed E-state index contributed by atoms with van der Waals surface area (Å²) in [4.78, 5) is 2.26. The summed E-state index contributed by atoms with van der Waals surface area (Å²) in [5.74, 6) is 0. The Bertz CT molecular complexity index is 274. The zero-order valence-electron chi connectivity index (χ0n) is 6.77. The van der Waals surface area contributed by atoms with Crippen molar-refractivity contribution in [2.75, 3.05) is 0 Å². The quantitative estimate of drug-likeness (QED) is 0.374. The largest absolute Gasteiger partial charge is 0.240 e. The van der Waals surface area contributed by atoms with Gasteiger partial charge in [-0.05, 0) is 25.8 Å². The molecule has 6 heteroatoms. The van der Waals surface area contributed by atoms with Crippen molar-refractivity contribution in [3.63, 3.8) is 0 Å². The second kappa shape index (κ2) is 3.11. The Morgan fingerprint density at radius 2 is 2.00 bits per heavy atom. The Labute approximate surface area is 66.1 Å². The van der Waals surface area contributed by atoms with E-state index in [4.69, 9.17) is 5.53 Å². The van der Waals surface area contributed by atoms with Gasteiger partial charge >= 0.3 is 0 Å². The molecular weight excluding hydrogens is 166 g/mol. The third kappa shape index (κ3) is 2.10. The average molecular weight is 177 g/mol. The second-order valence-corrected chi connectivity index (χ2v) is 4.98. The van der Waals surface area contributed by atoms with Crippen LogP contribution in [0, 0.1) is 0 Å². The number of rotatable bonds is 3. The third-order valence-corrected chi connectivity index (χ3v) is 3.67. The van der Waals surface area contributed by atoms with E-state index >= 15 is 0 Å². The van der Waals surface area contributed by atoms with E-state index in [-0.39, 0.29) is 0 Å². The van der Waals surface area contributed by atoms with Crippen molar-refractivity contribution in [1.29, 1.82) is 0 Å². The lowest BCUT2D eigenvalue weighted by Crippen LogP contribution is -2.28. The van der Waals surface area contributed by atoms with Gasteiger partial charge in [-0.2, -0.15) is 0 Å². The fourth-order valence-corrected chi connectivity index (χ4v) is 1.02. The van der Waals surface area contributed by atoms with E-state index in [1.807, 2.05) is 0 Å². The molecule has 0 heterocycles. The Morgan fingerprint density at radius 1 is 1.55 bits per heavy atom. The highest BCUT2D eigenvalue weighted by molar-refractivity contribution is 7.91. The summed E-state index contributed by atoms with van der Waals surface area (Å²) in [7, 11) is -3.65. The molecule has 0 aromatic rings. The lowest BCUT2D eigenvalue weighted by atomic mass is 10.1. The van der Waals surface area contributed by atoms with Crippen LogP contribution in [0.5, 0.6) is 0 Å². The van der Waals surface area contributed by atoms with Crippen molar-refractivity contribution in [1.82, 2.24) is 0 Å². The fraction of sp³-hybridized carbons (Fsp3) is 1.00. The molecule has 0 rings (SSSR count). The van der Waals surface area contributed by atoms with Crippen molar-refractivity contribution >= 4 is 10.0 Å². The molecule has 0 aliphatic rings. The van der Waals surface area contributed by atoms with Crippen LogP contribution in [0.1, 0.15) is 27.2 Å². The minimum Gasteiger partial charge on any atom is -0.220 e. The normalized spacial score (nSPS) is 12.3. The lowest BCUT2D eigenvalue weighted by Gasteiger charge is -2.18. The summed E-state index contributed by atoms with van der Waals surface area (Å²) >= 11 is 0. The SMILES string of the molecule is CCC(C)(C)S(=O)(=O)N=[N+]=[N-]. The molecule has 0 saturated carbocycles. The highest BCUT2D eigenvalue weighted by atomic mass is 32.2. The molecular formula is C5H11N3O2S. The molecule has 0 amide bonds. The van der Waals surface area contributed by atoms with Gasteiger partial charge in [0.05, 0.1) is 4.75 Å². The number of azide groups is 1. The molecule has 0 radical (unpaired) electrons.